The molecule has 0 spiro atoms. The summed E-state index contributed by atoms with van der Waals surface area (Å²) >= 11 is 0. The topological polar surface area (TPSA) is 35.5 Å². The van der Waals surface area contributed by atoms with Crippen LogP contribution in [0.1, 0.15) is 12.8 Å². The normalized spacial score (nSPS) is 39.0. The zero-order valence-electron chi connectivity index (χ0n) is 6.79. The van der Waals surface area contributed by atoms with Crippen molar-refractivity contribution in [3.63, 3.8) is 0 Å². The van der Waals surface area contributed by atoms with Gasteiger partial charge in [0.25, 0.3) is 0 Å². The Balaban J connectivity index is 2.00. The summed E-state index contributed by atoms with van der Waals surface area (Å²) < 4.78 is 0. The highest BCUT2D eigenvalue weighted by atomic mass is 16.3. The van der Waals surface area contributed by atoms with Gasteiger partial charge in [-0.2, -0.15) is 0 Å². The summed E-state index contributed by atoms with van der Waals surface area (Å²) in [6, 6.07) is 0.958. The van der Waals surface area contributed by atoms with Gasteiger partial charge in [0.2, 0.25) is 0 Å². The predicted molar refractivity (Wildman–Crippen MR) is 43.5 cm³/mol. The van der Waals surface area contributed by atoms with Crippen LogP contribution in [0.15, 0.2) is 0 Å². The molecule has 2 aliphatic rings. The van der Waals surface area contributed by atoms with Crippen molar-refractivity contribution in [3.8, 4) is 0 Å². The van der Waals surface area contributed by atoms with E-state index in [1.165, 1.54) is 25.9 Å². The standard InChI is InChI=1S/C8H16N2O/c11-6-7-8-2-1-4-10(8)5-3-9-7/h7-9,11H,1-6H2/t7-,8+/m0/s1. The first-order valence-corrected chi connectivity index (χ1v) is 4.50. The van der Waals surface area contributed by atoms with E-state index in [1.807, 2.05) is 0 Å². The van der Waals surface area contributed by atoms with Crippen molar-refractivity contribution >= 4 is 0 Å². The van der Waals surface area contributed by atoms with E-state index in [0.717, 1.165) is 6.54 Å². The molecule has 0 aromatic carbocycles. The van der Waals surface area contributed by atoms with Gasteiger partial charge in [0.05, 0.1) is 6.61 Å². The number of fused-ring (bicyclic) bond motifs is 1. The molecule has 0 saturated carbocycles. The number of nitrogens with one attached hydrogen (secondary N) is 1. The Bertz CT molecular complexity index is 140. The van der Waals surface area contributed by atoms with Gasteiger partial charge in [0, 0.05) is 25.2 Å². The molecule has 3 nitrogen and oxygen atoms in total. The lowest BCUT2D eigenvalue weighted by Crippen LogP contribution is -2.56. The average Bonchev–Trinajstić information content (AvgIpc) is 2.50. The number of aliphatic hydroxyl groups excluding tert-OH is 1. The quantitative estimate of drug-likeness (QED) is 0.533. The van der Waals surface area contributed by atoms with Gasteiger partial charge in [0.15, 0.2) is 0 Å². The summed E-state index contributed by atoms with van der Waals surface area (Å²) in [5.74, 6) is 0. The number of hydrogen-bond donors (Lipinski definition) is 2. The Kier molecular flexibility index (Phi) is 2.11. The number of nitrogens with zero attached hydrogens (tertiary/aromatic N) is 1. The Morgan fingerprint density at radius 1 is 1.45 bits per heavy atom. The van der Waals surface area contributed by atoms with Gasteiger partial charge in [-0.3, -0.25) is 4.90 Å². The molecule has 0 amide bonds. The van der Waals surface area contributed by atoms with Crippen molar-refractivity contribution in [2.75, 3.05) is 26.2 Å². The molecule has 0 aromatic heterocycles. The van der Waals surface area contributed by atoms with Gasteiger partial charge in [-0.05, 0) is 19.4 Å². The summed E-state index contributed by atoms with van der Waals surface area (Å²) in [5, 5.41) is 12.4. The number of hydrogen-bond acceptors (Lipinski definition) is 3. The Morgan fingerprint density at radius 2 is 2.36 bits per heavy atom. The Morgan fingerprint density at radius 3 is 3.18 bits per heavy atom. The van der Waals surface area contributed by atoms with Crippen LogP contribution in [0, 0.1) is 0 Å². The molecule has 11 heavy (non-hydrogen) atoms. The maximum Gasteiger partial charge on any atom is 0.0599 e. The van der Waals surface area contributed by atoms with Crippen molar-refractivity contribution in [1.82, 2.24) is 10.2 Å². The fourth-order valence-electron chi connectivity index (χ4n) is 2.30. The maximum atomic E-state index is 9.05. The first-order valence-electron chi connectivity index (χ1n) is 4.50. The zero-order valence-corrected chi connectivity index (χ0v) is 6.79. The highest BCUT2D eigenvalue weighted by Gasteiger charge is 2.33. The SMILES string of the molecule is OC[C@@H]1NCCN2CCC[C@H]12. The summed E-state index contributed by atoms with van der Waals surface area (Å²) in [6.07, 6.45) is 2.57. The number of piperazine rings is 1. The fraction of sp³-hybridized carbons (Fsp3) is 1.00. The van der Waals surface area contributed by atoms with Gasteiger partial charge in [-0.15, -0.1) is 0 Å². The predicted octanol–water partition coefficient (Wildman–Crippen LogP) is -0.585. The lowest BCUT2D eigenvalue weighted by atomic mass is 10.0. The van der Waals surface area contributed by atoms with Crippen LogP contribution in [0.3, 0.4) is 0 Å². The second-order valence-corrected chi connectivity index (χ2v) is 3.49. The Labute approximate surface area is 67.4 Å². The Hall–Kier alpha value is -0.120. The molecule has 0 radical (unpaired) electrons. The molecule has 0 aromatic rings. The van der Waals surface area contributed by atoms with E-state index in [0.29, 0.717) is 18.7 Å². The molecule has 2 aliphatic heterocycles. The first kappa shape index (κ1) is 7.53. The molecule has 2 rings (SSSR count). The molecule has 0 unspecified atom stereocenters. The molecule has 2 saturated heterocycles. The first-order chi connectivity index (χ1) is 5.42. The minimum Gasteiger partial charge on any atom is -0.395 e. The third-order valence-electron chi connectivity index (χ3n) is 2.88. The van der Waals surface area contributed by atoms with E-state index >= 15 is 0 Å². The highest BCUT2D eigenvalue weighted by molar-refractivity contribution is 4.92. The second-order valence-electron chi connectivity index (χ2n) is 3.49. The molecule has 0 aliphatic carbocycles. The molecular formula is C8H16N2O. The van der Waals surface area contributed by atoms with E-state index in [2.05, 4.69) is 10.2 Å². The van der Waals surface area contributed by atoms with E-state index in [-0.39, 0.29) is 0 Å². The van der Waals surface area contributed by atoms with Crippen LogP contribution >= 0.6 is 0 Å². The van der Waals surface area contributed by atoms with E-state index in [4.69, 9.17) is 5.11 Å². The molecule has 0 bridgehead atoms. The summed E-state index contributed by atoms with van der Waals surface area (Å²) in [4.78, 5) is 2.50. The van der Waals surface area contributed by atoms with Gasteiger partial charge >= 0.3 is 0 Å². The summed E-state index contributed by atoms with van der Waals surface area (Å²) in [7, 11) is 0. The van der Waals surface area contributed by atoms with Gasteiger partial charge in [-0.1, -0.05) is 0 Å². The second kappa shape index (κ2) is 3.09. The fourth-order valence-corrected chi connectivity index (χ4v) is 2.30. The average molecular weight is 156 g/mol. The van der Waals surface area contributed by atoms with Crippen molar-refractivity contribution < 1.29 is 5.11 Å². The van der Waals surface area contributed by atoms with E-state index < -0.39 is 0 Å². The molecule has 3 heteroatoms. The van der Waals surface area contributed by atoms with Crippen LogP contribution in [0.25, 0.3) is 0 Å². The molecule has 2 fully saturated rings. The third kappa shape index (κ3) is 1.28. The summed E-state index contributed by atoms with van der Waals surface area (Å²) in [6.45, 7) is 3.74. The number of aliphatic hydroxyl groups is 1. The summed E-state index contributed by atoms with van der Waals surface area (Å²) in [5.41, 5.74) is 0. The van der Waals surface area contributed by atoms with Crippen LogP contribution in [-0.2, 0) is 0 Å². The van der Waals surface area contributed by atoms with Crippen molar-refractivity contribution in [1.29, 1.82) is 0 Å². The van der Waals surface area contributed by atoms with Gasteiger partial charge < -0.3 is 10.4 Å². The smallest absolute Gasteiger partial charge is 0.0599 e. The van der Waals surface area contributed by atoms with Crippen molar-refractivity contribution in [2.24, 2.45) is 0 Å². The van der Waals surface area contributed by atoms with Crippen molar-refractivity contribution in [2.45, 2.75) is 24.9 Å². The van der Waals surface area contributed by atoms with Crippen LogP contribution in [0.5, 0.6) is 0 Å². The molecule has 64 valence electrons. The highest BCUT2D eigenvalue weighted by Crippen LogP contribution is 2.21. The molecule has 2 heterocycles. The van der Waals surface area contributed by atoms with Crippen LogP contribution in [-0.4, -0.2) is 48.3 Å². The molecule has 2 atom stereocenters. The van der Waals surface area contributed by atoms with Crippen LogP contribution in [0.2, 0.25) is 0 Å². The minimum atomic E-state index is 0.293. The van der Waals surface area contributed by atoms with E-state index in [1.54, 1.807) is 0 Å². The monoisotopic (exact) mass is 156 g/mol. The number of rotatable bonds is 1. The lowest BCUT2D eigenvalue weighted by molar-refractivity contribution is 0.116. The maximum absolute atomic E-state index is 9.05. The van der Waals surface area contributed by atoms with Crippen molar-refractivity contribution in [3.05, 3.63) is 0 Å². The third-order valence-corrected chi connectivity index (χ3v) is 2.88. The van der Waals surface area contributed by atoms with Gasteiger partial charge in [-0.25, -0.2) is 0 Å². The largest absolute Gasteiger partial charge is 0.395 e. The minimum absolute atomic E-state index is 0.293. The molecular weight excluding hydrogens is 140 g/mol. The van der Waals surface area contributed by atoms with Crippen LogP contribution < -0.4 is 5.32 Å². The molecule has 2 N–H and O–H groups in total. The van der Waals surface area contributed by atoms with Crippen LogP contribution in [0.4, 0.5) is 0 Å². The zero-order chi connectivity index (χ0) is 7.68. The van der Waals surface area contributed by atoms with Gasteiger partial charge in [0.1, 0.15) is 0 Å². The van der Waals surface area contributed by atoms with E-state index in [9.17, 15) is 0 Å². The lowest BCUT2D eigenvalue weighted by Gasteiger charge is -2.36.